The highest BCUT2D eigenvalue weighted by Gasteiger charge is 2.15. The van der Waals surface area contributed by atoms with E-state index in [2.05, 4.69) is 15.2 Å². The van der Waals surface area contributed by atoms with Gasteiger partial charge in [-0.25, -0.2) is 4.98 Å². The maximum atomic E-state index is 6.32. The van der Waals surface area contributed by atoms with Crippen LogP contribution < -0.4 is 5.73 Å². The first-order valence-corrected chi connectivity index (χ1v) is 7.57. The third-order valence-electron chi connectivity index (χ3n) is 3.79. The highest BCUT2D eigenvalue weighted by molar-refractivity contribution is 6.33. The quantitative estimate of drug-likeness (QED) is 0.570. The summed E-state index contributed by atoms with van der Waals surface area (Å²) in [7, 11) is 0. The number of rotatable bonds is 2. The number of fused-ring (bicyclic) bond motifs is 1. The number of benzene rings is 2. The van der Waals surface area contributed by atoms with Crippen LogP contribution in [0.5, 0.6) is 0 Å². The molecule has 0 spiro atoms. The maximum absolute atomic E-state index is 6.32. The fourth-order valence-corrected chi connectivity index (χ4v) is 2.93. The van der Waals surface area contributed by atoms with Gasteiger partial charge in [-0.2, -0.15) is 5.10 Å². The van der Waals surface area contributed by atoms with Gasteiger partial charge >= 0.3 is 0 Å². The van der Waals surface area contributed by atoms with E-state index in [9.17, 15) is 0 Å². The fourth-order valence-electron chi connectivity index (χ4n) is 2.70. The Hall–Kier alpha value is -2.85. The van der Waals surface area contributed by atoms with Crippen LogP contribution in [0.4, 0.5) is 5.82 Å². The zero-order valence-corrected chi connectivity index (χ0v) is 12.9. The summed E-state index contributed by atoms with van der Waals surface area (Å²) in [6.45, 7) is 0. The molecule has 0 bridgehead atoms. The van der Waals surface area contributed by atoms with Crippen molar-refractivity contribution in [2.75, 3.05) is 5.73 Å². The minimum Gasteiger partial charge on any atom is -0.383 e. The fraction of sp³-hybridized carbons (Fsp3) is 0. The van der Waals surface area contributed by atoms with Gasteiger partial charge in [-0.3, -0.25) is 5.10 Å². The molecule has 0 unspecified atom stereocenters. The SMILES string of the molecule is Nc1[nH]nc2nc(-c3ccccc3Cl)cc(-c3ccccc3)c12. The number of nitrogen functional groups attached to an aromatic ring is 1. The first-order chi connectivity index (χ1) is 11.2. The largest absolute Gasteiger partial charge is 0.383 e. The van der Waals surface area contributed by atoms with Gasteiger partial charge < -0.3 is 5.73 Å². The highest BCUT2D eigenvalue weighted by Crippen LogP contribution is 2.35. The van der Waals surface area contributed by atoms with E-state index in [0.29, 0.717) is 16.5 Å². The number of hydrogen-bond acceptors (Lipinski definition) is 3. The van der Waals surface area contributed by atoms with Crippen molar-refractivity contribution in [3.63, 3.8) is 0 Å². The molecule has 0 aliphatic rings. The van der Waals surface area contributed by atoms with Crippen molar-refractivity contribution in [2.45, 2.75) is 0 Å². The Kier molecular flexibility index (Phi) is 3.24. The van der Waals surface area contributed by atoms with E-state index in [1.807, 2.05) is 60.7 Å². The molecule has 23 heavy (non-hydrogen) atoms. The Bertz CT molecular complexity index is 993. The Morgan fingerprint density at radius 3 is 2.43 bits per heavy atom. The van der Waals surface area contributed by atoms with E-state index in [1.165, 1.54) is 0 Å². The Morgan fingerprint density at radius 2 is 1.65 bits per heavy atom. The topological polar surface area (TPSA) is 67.6 Å². The Labute approximate surface area is 137 Å². The lowest BCUT2D eigenvalue weighted by Gasteiger charge is -2.08. The molecule has 4 nitrogen and oxygen atoms in total. The molecule has 0 aliphatic carbocycles. The number of aromatic nitrogens is 3. The zero-order chi connectivity index (χ0) is 15.8. The Morgan fingerprint density at radius 1 is 0.913 bits per heavy atom. The zero-order valence-electron chi connectivity index (χ0n) is 12.1. The summed E-state index contributed by atoms with van der Waals surface area (Å²) in [4.78, 5) is 4.61. The van der Waals surface area contributed by atoms with Gasteiger partial charge in [0.15, 0.2) is 5.65 Å². The maximum Gasteiger partial charge on any atom is 0.184 e. The van der Waals surface area contributed by atoms with Crippen LogP contribution in [-0.2, 0) is 0 Å². The number of nitrogens with zero attached hydrogens (tertiary/aromatic N) is 2. The molecule has 0 saturated heterocycles. The van der Waals surface area contributed by atoms with Crippen LogP contribution in [0, 0.1) is 0 Å². The molecule has 0 amide bonds. The average molecular weight is 321 g/mol. The number of anilines is 1. The lowest BCUT2D eigenvalue weighted by molar-refractivity contribution is 1.11. The second-order valence-electron chi connectivity index (χ2n) is 5.24. The molecule has 0 aliphatic heterocycles. The summed E-state index contributed by atoms with van der Waals surface area (Å²) >= 11 is 6.32. The number of aromatic amines is 1. The van der Waals surface area contributed by atoms with Gasteiger partial charge in [-0.15, -0.1) is 0 Å². The summed E-state index contributed by atoms with van der Waals surface area (Å²) < 4.78 is 0. The summed E-state index contributed by atoms with van der Waals surface area (Å²) in [5.41, 5.74) is 10.3. The second kappa shape index (κ2) is 5.41. The standard InChI is InChI=1S/C18H13ClN4/c19-14-9-5-4-8-12(14)15-10-13(11-6-2-1-3-7-11)16-17(20)22-23-18(16)21-15/h1-10H,(H3,20,21,22,23). The van der Waals surface area contributed by atoms with Crippen molar-refractivity contribution in [2.24, 2.45) is 0 Å². The van der Waals surface area contributed by atoms with Crippen molar-refractivity contribution in [3.8, 4) is 22.4 Å². The molecule has 2 aromatic heterocycles. The summed E-state index contributed by atoms with van der Waals surface area (Å²) in [5.74, 6) is 0.511. The lowest BCUT2D eigenvalue weighted by atomic mass is 10.0. The van der Waals surface area contributed by atoms with Crippen molar-refractivity contribution in [3.05, 3.63) is 65.7 Å². The highest BCUT2D eigenvalue weighted by atomic mass is 35.5. The van der Waals surface area contributed by atoms with Gasteiger partial charge in [0, 0.05) is 10.6 Å². The smallest absolute Gasteiger partial charge is 0.184 e. The van der Waals surface area contributed by atoms with Crippen molar-refractivity contribution in [1.29, 1.82) is 0 Å². The predicted molar refractivity (Wildman–Crippen MR) is 94.2 cm³/mol. The van der Waals surface area contributed by atoms with Crippen molar-refractivity contribution < 1.29 is 0 Å². The van der Waals surface area contributed by atoms with E-state index in [0.717, 1.165) is 27.8 Å². The molecule has 0 radical (unpaired) electrons. The monoisotopic (exact) mass is 320 g/mol. The number of hydrogen-bond donors (Lipinski definition) is 2. The third-order valence-corrected chi connectivity index (χ3v) is 4.12. The minimum atomic E-state index is 0.511. The van der Waals surface area contributed by atoms with E-state index in [-0.39, 0.29) is 0 Å². The average Bonchev–Trinajstić information content (AvgIpc) is 2.96. The summed E-state index contributed by atoms with van der Waals surface area (Å²) in [5, 5.41) is 8.51. The van der Waals surface area contributed by atoms with Gasteiger partial charge in [0.2, 0.25) is 0 Å². The van der Waals surface area contributed by atoms with Gasteiger partial charge in [-0.1, -0.05) is 60.1 Å². The van der Waals surface area contributed by atoms with E-state index < -0.39 is 0 Å². The molecule has 3 N–H and O–H groups in total. The van der Waals surface area contributed by atoms with Crippen LogP contribution in [0.15, 0.2) is 60.7 Å². The third kappa shape index (κ3) is 2.33. The number of H-pyrrole nitrogens is 1. The first-order valence-electron chi connectivity index (χ1n) is 7.19. The minimum absolute atomic E-state index is 0.511. The van der Waals surface area contributed by atoms with Gasteiger partial charge in [0.1, 0.15) is 5.82 Å². The van der Waals surface area contributed by atoms with Crippen LogP contribution in [0.1, 0.15) is 0 Å². The molecule has 4 aromatic rings. The van der Waals surface area contributed by atoms with Crippen molar-refractivity contribution in [1.82, 2.24) is 15.2 Å². The van der Waals surface area contributed by atoms with Crippen LogP contribution in [0.2, 0.25) is 5.02 Å². The molecular weight excluding hydrogens is 308 g/mol. The summed E-state index contributed by atoms with van der Waals surface area (Å²) in [6.07, 6.45) is 0. The molecule has 0 saturated carbocycles. The van der Waals surface area contributed by atoms with Crippen LogP contribution >= 0.6 is 11.6 Å². The molecule has 0 atom stereocenters. The Balaban J connectivity index is 2.04. The number of nitrogens with two attached hydrogens (primary N) is 1. The number of pyridine rings is 1. The van der Waals surface area contributed by atoms with Gasteiger partial charge in [0.25, 0.3) is 0 Å². The van der Waals surface area contributed by atoms with Crippen molar-refractivity contribution >= 4 is 28.5 Å². The van der Waals surface area contributed by atoms with Crippen LogP contribution in [0.25, 0.3) is 33.4 Å². The van der Waals surface area contributed by atoms with E-state index >= 15 is 0 Å². The lowest BCUT2D eigenvalue weighted by Crippen LogP contribution is -1.91. The molecule has 2 heterocycles. The second-order valence-corrected chi connectivity index (χ2v) is 5.64. The van der Waals surface area contributed by atoms with Gasteiger partial charge in [0.05, 0.1) is 11.1 Å². The molecule has 112 valence electrons. The van der Waals surface area contributed by atoms with E-state index in [4.69, 9.17) is 17.3 Å². The number of halogens is 1. The van der Waals surface area contributed by atoms with E-state index in [1.54, 1.807) is 0 Å². The summed E-state index contributed by atoms with van der Waals surface area (Å²) in [6, 6.07) is 19.7. The molecular formula is C18H13ClN4. The molecule has 5 heteroatoms. The first kappa shape index (κ1) is 13.8. The van der Waals surface area contributed by atoms with Gasteiger partial charge in [-0.05, 0) is 23.3 Å². The molecule has 4 rings (SSSR count). The van der Waals surface area contributed by atoms with Crippen LogP contribution in [-0.4, -0.2) is 15.2 Å². The normalized spacial score (nSPS) is 11.0. The predicted octanol–water partition coefficient (Wildman–Crippen LogP) is 4.53. The van der Waals surface area contributed by atoms with Crippen LogP contribution in [0.3, 0.4) is 0 Å². The molecule has 2 aromatic carbocycles. The number of nitrogens with one attached hydrogen (secondary N) is 1. The molecule has 0 fully saturated rings.